The molecule has 1 N–H and O–H groups in total. The third-order valence-corrected chi connectivity index (χ3v) is 5.36. The molecule has 1 unspecified atom stereocenters. The molecule has 0 fully saturated rings. The van der Waals surface area contributed by atoms with E-state index in [1.165, 1.54) is 0 Å². The topological polar surface area (TPSA) is 90.9 Å². The zero-order chi connectivity index (χ0) is 21.3. The molecule has 30 heavy (non-hydrogen) atoms. The summed E-state index contributed by atoms with van der Waals surface area (Å²) in [6.45, 7) is 6.25. The van der Waals surface area contributed by atoms with Crippen LogP contribution in [0.15, 0.2) is 36.8 Å². The molecule has 0 radical (unpaired) electrons. The van der Waals surface area contributed by atoms with E-state index >= 15 is 0 Å². The molecule has 8 heteroatoms. The van der Waals surface area contributed by atoms with Crippen LogP contribution < -0.4 is 4.74 Å². The van der Waals surface area contributed by atoms with Crippen molar-refractivity contribution in [2.24, 2.45) is 0 Å². The smallest absolute Gasteiger partial charge is 0.224 e. The second-order valence-corrected chi connectivity index (χ2v) is 7.30. The van der Waals surface area contributed by atoms with E-state index in [-0.39, 0.29) is 12.6 Å². The van der Waals surface area contributed by atoms with Crippen molar-refractivity contribution in [2.45, 2.75) is 39.7 Å². The van der Waals surface area contributed by atoms with Gasteiger partial charge in [0.15, 0.2) is 11.5 Å². The van der Waals surface area contributed by atoms with E-state index in [0.717, 1.165) is 40.1 Å². The Morgan fingerprint density at radius 2 is 2.00 bits per heavy atom. The number of aryl methyl sites for hydroxylation is 2. The fourth-order valence-electron chi connectivity index (χ4n) is 3.80. The van der Waals surface area contributed by atoms with Crippen LogP contribution in [0.5, 0.6) is 5.88 Å². The summed E-state index contributed by atoms with van der Waals surface area (Å²) >= 11 is 0. The molecule has 8 nitrogen and oxygen atoms in total. The number of ether oxygens (including phenoxy) is 1. The number of pyridine rings is 1. The minimum Gasteiger partial charge on any atom is -0.480 e. The lowest BCUT2D eigenvalue weighted by Crippen LogP contribution is -2.10. The zero-order valence-electron chi connectivity index (χ0n) is 17.7. The summed E-state index contributed by atoms with van der Waals surface area (Å²) < 4.78 is 9.40. The van der Waals surface area contributed by atoms with Crippen molar-refractivity contribution in [3.63, 3.8) is 0 Å². The minimum atomic E-state index is 0.146. The van der Waals surface area contributed by atoms with Gasteiger partial charge in [-0.25, -0.2) is 14.6 Å². The number of rotatable bonds is 7. The Hall–Kier alpha value is -3.26. The lowest BCUT2D eigenvalue weighted by atomic mass is 10.1. The van der Waals surface area contributed by atoms with Crippen LogP contribution in [-0.2, 0) is 0 Å². The van der Waals surface area contributed by atoms with Gasteiger partial charge in [0.05, 0.1) is 24.1 Å². The zero-order valence-corrected chi connectivity index (χ0v) is 17.7. The number of methoxy groups -OCH3 is 1. The Morgan fingerprint density at radius 1 is 1.17 bits per heavy atom. The van der Waals surface area contributed by atoms with Crippen LogP contribution in [0.25, 0.3) is 28.2 Å². The highest BCUT2D eigenvalue weighted by atomic mass is 16.5. The van der Waals surface area contributed by atoms with Gasteiger partial charge in [-0.1, -0.05) is 6.92 Å². The van der Waals surface area contributed by atoms with E-state index in [1.807, 2.05) is 38.2 Å². The predicted octanol–water partition coefficient (Wildman–Crippen LogP) is 3.64. The largest absolute Gasteiger partial charge is 0.480 e. The van der Waals surface area contributed by atoms with Gasteiger partial charge in [-0.05, 0) is 50.5 Å². The molecule has 0 aliphatic rings. The van der Waals surface area contributed by atoms with E-state index < -0.39 is 0 Å². The molecule has 0 spiro atoms. The first-order valence-corrected chi connectivity index (χ1v) is 10.1. The molecule has 0 amide bonds. The number of aromatic nitrogens is 6. The molecule has 0 aliphatic heterocycles. The second-order valence-electron chi connectivity index (χ2n) is 7.30. The van der Waals surface area contributed by atoms with Gasteiger partial charge in [-0.2, -0.15) is 10.1 Å². The van der Waals surface area contributed by atoms with Crippen LogP contribution >= 0.6 is 0 Å². The standard InChI is InChI=1S/C22H26N6O2/c1-5-16(9-12-29)27-13-14(2)19-21(27)24-15(3)20(26-19)17-7-8-18(25-22(17)30-4)28-11-6-10-23-28/h6-8,10-11,13,16,29H,5,9,12H2,1-4H3. The highest BCUT2D eigenvalue weighted by molar-refractivity contribution is 5.81. The molecule has 4 aromatic heterocycles. The molecule has 1 atom stereocenters. The van der Waals surface area contributed by atoms with Crippen LogP contribution in [0, 0.1) is 13.8 Å². The first-order chi connectivity index (χ1) is 14.6. The monoisotopic (exact) mass is 406 g/mol. The fraction of sp³-hybridized carbons (Fsp3) is 0.364. The molecule has 0 aliphatic carbocycles. The van der Waals surface area contributed by atoms with Gasteiger partial charge in [0.2, 0.25) is 5.88 Å². The SMILES string of the molecule is CCC(CCO)n1cc(C)c2nc(-c3ccc(-n4cccn4)nc3OC)c(C)nc21. The molecule has 4 aromatic rings. The summed E-state index contributed by atoms with van der Waals surface area (Å²) in [5.74, 6) is 1.15. The van der Waals surface area contributed by atoms with Gasteiger partial charge in [-0.15, -0.1) is 0 Å². The Labute approximate surface area is 175 Å². The third-order valence-electron chi connectivity index (χ3n) is 5.36. The Balaban J connectivity index is 1.84. The summed E-state index contributed by atoms with van der Waals surface area (Å²) in [7, 11) is 1.60. The Bertz CT molecular complexity index is 1170. The van der Waals surface area contributed by atoms with Crippen molar-refractivity contribution >= 4 is 11.2 Å². The van der Waals surface area contributed by atoms with Crippen molar-refractivity contribution in [1.29, 1.82) is 0 Å². The maximum atomic E-state index is 9.43. The van der Waals surface area contributed by atoms with Crippen LogP contribution in [0.3, 0.4) is 0 Å². The summed E-state index contributed by atoms with van der Waals surface area (Å²) in [4.78, 5) is 14.4. The van der Waals surface area contributed by atoms with Crippen molar-refractivity contribution in [2.75, 3.05) is 13.7 Å². The van der Waals surface area contributed by atoms with Crippen LogP contribution in [0.1, 0.15) is 37.1 Å². The average molecular weight is 406 g/mol. The highest BCUT2D eigenvalue weighted by Crippen LogP contribution is 2.33. The van der Waals surface area contributed by atoms with Crippen molar-refractivity contribution in [3.8, 4) is 23.0 Å². The number of hydrogen-bond acceptors (Lipinski definition) is 6. The summed E-state index contributed by atoms with van der Waals surface area (Å²) in [5, 5.41) is 13.7. The maximum absolute atomic E-state index is 9.43. The predicted molar refractivity (Wildman–Crippen MR) is 115 cm³/mol. The minimum absolute atomic E-state index is 0.146. The van der Waals surface area contributed by atoms with Gasteiger partial charge in [-0.3, -0.25) is 0 Å². The first-order valence-electron chi connectivity index (χ1n) is 10.1. The van der Waals surface area contributed by atoms with E-state index in [1.54, 1.807) is 18.0 Å². The summed E-state index contributed by atoms with van der Waals surface area (Å²) in [6.07, 6.45) is 7.22. The highest BCUT2D eigenvalue weighted by Gasteiger charge is 2.20. The molecule has 4 heterocycles. The number of nitrogens with zero attached hydrogens (tertiary/aromatic N) is 6. The van der Waals surface area contributed by atoms with Gasteiger partial charge in [0, 0.05) is 31.2 Å². The third kappa shape index (κ3) is 3.43. The normalized spacial score (nSPS) is 12.4. The van der Waals surface area contributed by atoms with Crippen molar-refractivity contribution in [3.05, 3.63) is 48.0 Å². The van der Waals surface area contributed by atoms with Gasteiger partial charge < -0.3 is 14.4 Å². The lowest BCUT2D eigenvalue weighted by molar-refractivity contribution is 0.256. The van der Waals surface area contributed by atoms with E-state index in [4.69, 9.17) is 14.7 Å². The number of aliphatic hydroxyl groups is 1. The van der Waals surface area contributed by atoms with E-state index in [9.17, 15) is 5.11 Å². The fourth-order valence-corrected chi connectivity index (χ4v) is 3.80. The van der Waals surface area contributed by atoms with Crippen molar-refractivity contribution < 1.29 is 9.84 Å². The number of aliphatic hydroxyl groups excluding tert-OH is 1. The summed E-state index contributed by atoms with van der Waals surface area (Å²) in [5.41, 5.74) is 5.08. The Morgan fingerprint density at radius 3 is 2.67 bits per heavy atom. The van der Waals surface area contributed by atoms with Gasteiger partial charge >= 0.3 is 0 Å². The quantitative estimate of drug-likeness (QED) is 0.504. The molecule has 156 valence electrons. The lowest BCUT2D eigenvalue weighted by Gasteiger charge is -2.17. The number of hydrogen-bond donors (Lipinski definition) is 1. The maximum Gasteiger partial charge on any atom is 0.224 e. The molecule has 0 bridgehead atoms. The molecule has 0 saturated carbocycles. The van der Waals surface area contributed by atoms with Gasteiger partial charge in [0.25, 0.3) is 0 Å². The van der Waals surface area contributed by atoms with E-state index in [2.05, 4.69) is 27.8 Å². The van der Waals surface area contributed by atoms with Crippen LogP contribution in [0.2, 0.25) is 0 Å². The van der Waals surface area contributed by atoms with E-state index in [0.29, 0.717) is 18.1 Å². The second kappa shape index (κ2) is 8.23. The van der Waals surface area contributed by atoms with Crippen LogP contribution in [0.4, 0.5) is 0 Å². The van der Waals surface area contributed by atoms with Crippen LogP contribution in [-0.4, -0.2) is 48.1 Å². The number of fused-ring (bicyclic) bond motifs is 1. The Kier molecular flexibility index (Phi) is 5.50. The van der Waals surface area contributed by atoms with Crippen molar-refractivity contribution in [1.82, 2.24) is 29.3 Å². The molecule has 0 aromatic carbocycles. The summed E-state index contributed by atoms with van der Waals surface area (Å²) in [6, 6.07) is 5.87. The molecule has 4 rings (SSSR count). The van der Waals surface area contributed by atoms with Gasteiger partial charge in [0.1, 0.15) is 5.52 Å². The molecule has 0 saturated heterocycles. The molecular formula is C22H26N6O2. The first kappa shape index (κ1) is 20.0. The molecular weight excluding hydrogens is 380 g/mol. The average Bonchev–Trinajstić information content (AvgIpc) is 3.40.